The molecule has 2 heterocycles. The quantitative estimate of drug-likeness (QED) is 0.290. The minimum absolute atomic E-state index is 0.128. The van der Waals surface area contributed by atoms with Gasteiger partial charge in [-0.1, -0.05) is 5.11 Å². The fraction of sp³-hybridized carbons (Fsp3) is 0.889. The molecule has 0 aromatic carbocycles. The van der Waals surface area contributed by atoms with E-state index in [1.807, 2.05) is 0 Å². The molecule has 0 spiro atoms. The van der Waals surface area contributed by atoms with Crippen molar-refractivity contribution in [1.82, 2.24) is 0 Å². The molecule has 2 aliphatic heterocycles. The fourth-order valence-corrected chi connectivity index (χ4v) is 2.04. The predicted octanol–water partition coefficient (Wildman–Crippen LogP) is 1.13. The van der Waals surface area contributed by atoms with Crippen molar-refractivity contribution in [3.05, 3.63) is 10.4 Å². The third kappa shape index (κ3) is 1.53. The molecule has 0 bridgehead atoms. The van der Waals surface area contributed by atoms with E-state index in [0.29, 0.717) is 0 Å². The Balaban J connectivity index is 2.36. The summed E-state index contributed by atoms with van der Waals surface area (Å²) in [6.45, 7) is 5.11. The van der Waals surface area contributed by atoms with Crippen LogP contribution in [0, 0.1) is 0 Å². The molecule has 2 aliphatic rings. The maximum Gasteiger partial charge on any atom is 0.320 e. The SMILES string of the molecule is CC1(C)O[C@H]2COC(=O)[C@@](C)(N=[N+]=[N-])[C@H]2O1. The summed E-state index contributed by atoms with van der Waals surface area (Å²) in [7, 11) is 0. The van der Waals surface area contributed by atoms with Crippen molar-refractivity contribution in [3.8, 4) is 0 Å². The number of cyclic esters (lactones) is 1. The molecular formula is C9H13N3O4. The van der Waals surface area contributed by atoms with Gasteiger partial charge in [0.25, 0.3) is 0 Å². The summed E-state index contributed by atoms with van der Waals surface area (Å²) in [6, 6.07) is 0. The smallest absolute Gasteiger partial charge is 0.320 e. The Morgan fingerprint density at radius 3 is 2.75 bits per heavy atom. The minimum Gasteiger partial charge on any atom is -0.462 e. The van der Waals surface area contributed by atoms with Gasteiger partial charge in [-0.2, -0.15) is 0 Å². The number of hydrogen-bond donors (Lipinski definition) is 0. The third-order valence-electron chi connectivity index (χ3n) is 2.78. The number of nitrogens with zero attached hydrogens (tertiary/aromatic N) is 3. The van der Waals surface area contributed by atoms with Crippen LogP contribution < -0.4 is 0 Å². The average molecular weight is 227 g/mol. The fourth-order valence-electron chi connectivity index (χ4n) is 2.04. The Labute approximate surface area is 92.3 Å². The van der Waals surface area contributed by atoms with Gasteiger partial charge in [0.1, 0.15) is 18.8 Å². The summed E-state index contributed by atoms with van der Waals surface area (Å²) in [5.41, 5.74) is 7.15. The molecular weight excluding hydrogens is 214 g/mol. The highest BCUT2D eigenvalue weighted by atomic mass is 16.8. The van der Waals surface area contributed by atoms with Crippen LogP contribution >= 0.6 is 0 Å². The third-order valence-corrected chi connectivity index (χ3v) is 2.78. The van der Waals surface area contributed by atoms with Crippen molar-refractivity contribution in [2.24, 2.45) is 5.11 Å². The van der Waals surface area contributed by atoms with Crippen LogP contribution in [0.5, 0.6) is 0 Å². The summed E-state index contributed by atoms with van der Waals surface area (Å²) in [6.07, 6.45) is -0.983. The lowest BCUT2D eigenvalue weighted by Crippen LogP contribution is -2.56. The van der Waals surface area contributed by atoms with Crippen molar-refractivity contribution >= 4 is 5.97 Å². The monoisotopic (exact) mass is 227 g/mol. The zero-order chi connectivity index (χ0) is 12.0. The minimum atomic E-state index is -1.36. The van der Waals surface area contributed by atoms with Crippen LogP contribution in [0.1, 0.15) is 20.8 Å². The van der Waals surface area contributed by atoms with Gasteiger partial charge in [0.15, 0.2) is 11.3 Å². The summed E-state index contributed by atoms with van der Waals surface area (Å²) in [5, 5.41) is 3.51. The van der Waals surface area contributed by atoms with Crippen molar-refractivity contribution in [1.29, 1.82) is 0 Å². The van der Waals surface area contributed by atoms with Gasteiger partial charge < -0.3 is 14.2 Å². The first kappa shape index (κ1) is 11.2. The zero-order valence-electron chi connectivity index (χ0n) is 9.34. The van der Waals surface area contributed by atoms with Gasteiger partial charge in [0.2, 0.25) is 0 Å². The molecule has 2 fully saturated rings. The second-order valence-corrected chi connectivity index (χ2v) is 4.53. The second kappa shape index (κ2) is 3.35. The van der Waals surface area contributed by atoms with Crippen molar-refractivity contribution < 1.29 is 19.0 Å². The van der Waals surface area contributed by atoms with E-state index in [0.717, 1.165) is 0 Å². The molecule has 0 aromatic heterocycles. The lowest BCUT2D eigenvalue weighted by molar-refractivity contribution is -0.166. The van der Waals surface area contributed by atoms with Gasteiger partial charge in [-0.05, 0) is 26.3 Å². The van der Waals surface area contributed by atoms with Gasteiger partial charge in [-0.3, -0.25) is 4.79 Å². The van der Waals surface area contributed by atoms with E-state index < -0.39 is 23.4 Å². The Morgan fingerprint density at radius 1 is 1.44 bits per heavy atom. The number of fused-ring (bicyclic) bond motifs is 1. The summed E-state index contributed by atoms with van der Waals surface area (Å²) in [4.78, 5) is 14.3. The summed E-state index contributed by atoms with van der Waals surface area (Å²) in [5.74, 6) is -1.37. The first-order chi connectivity index (χ1) is 7.39. The largest absolute Gasteiger partial charge is 0.462 e. The van der Waals surface area contributed by atoms with Crippen molar-refractivity contribution in [2.45, 2.75) is 44.3 Å². The van der Waals surface area contributed by atoms with E-state index in [2.05, 4.69) is 10.0 Å². The van der Waals surface area contributed by atoms with E-state index in [9.17, 15) is 4.79 Å². The number of azide groups is 1. The number of hydrogen-bond acceptors (Lipinski definition) is 5. The standard InChI is InChI=1S/C9H13N3O4/c1-8(2)15-5-4-14-7(13)9(3,11-12-10)6(5)16-8/h5-6H,4H2,1-3H3/t5-,6-,9-/m0/s1. The van der Waals surface area contributed by atoms with E-state index in [-0.39, 0.29) is 12.7 Å². The van der Waals surface area contributed by atoms with E-state index in [1.54, 1.807) is 13.8 Å². The molecule has 0 amide bonds. The number of carbonyl (C=O) groups is 1. The van der Waals surface area contributed by atoms with Crippen LogP contribution in [0.2, 0.25) is 0 Å². The van der Waals surface area contributed by atoms with Gasteiger partial charge in [-0.25, -0.2) is 0 Å². The van der Waals surface area contributed by atoms with Crippen LogP contribution in [0.3, 0.4) is 0 Å². The highest BCUT2D eigenvalue weighted by Gasteiger charge is 2.58. The lowest BCUT2D eigenvalue weighted by atomic mass is 9.90. The second-order valence-electron chi connectivity index (χ2n) is 4.53. The van der Waals surface area contributed by atoms with Crippen LogP contribution in [-0.4, -0.2) is 36.1 Å². The van der Waals surface area contributed by atoms with Gasteiger partial charge in [-0.15, -0.1) is 0 Å². The van der Waals surface area contributed by atoms with Crippen molar-refractivity contribution in [2.75, 3.05) is 6.61 Å². The Kier molecular flexibility index (Phi) is 2.34. The summed E-state index contributed by atoms with van der Waals surface area (Å²) < 4.78 is 16.1. The van der Waals surface area contributed by atoms with Crippen LogP contribution in [0.15, 0.2) is 5.11 Å². The first-order valence-corrected chi connectivity index (χ1v) is 4.98. The lowest BCUT2D eigenvalue weighted by Gasteiger charge is -2.34. The molecule has 0 unspecified atom stereocenters. The molecule has 2 saturated heterocycles. The topological polar surface area (TPSA) is 93.5 Å². The number of rotatable bonds is 1. The molecule has 0 N–H and O–H groups in total. The Hall–Kier alpha value is -1.30. The summed E-state index contributed by atoms with van der Waals surface area (Å²) >= 11 is 0. The molecule has 0 aromatic rings. The zero-order valence-corrected chi connectivity index (χ0v) is 9.34. The highest BCUT2D eigenvalue weighted by Crippen LogP contribution is 2.39. The highest BCUT2D eigenvalue weighted by molar-refractivity contribution is 5.82. The van der Waals surface area contributed by atoms with E-state index >= 15 is 0 Å². The molecule has 16 heavy (non-hydrogen) atoms. The number of esters is 1. The van der Waals surface area contributed by atoms with Crippen LogP contribution in [0.25, 0.3) is 10.4 Å². The average Bonchev–Trinajstić information content (AvgIpc) is 2.50. The Morgan fingerprint density at radius 2 is 2.12 bits per heavy atom. The normalized spacial score (nSPS) is 40.8. The van der Waals surface area contributed by atoms with Gasteiger partial charge in [0, 0.05) is 4.91 Å². The molecule has 7 nitrogen and oxygen atoms in total. The molecule has 88 valence electrons. The number of carbonyl (C=O) groups excluding carboxylic acids is 1. The van der Waals surface area contributed by atoms with Gasteiger partial charge >= 0.3 is 5.97 Å². The van der Waals surface area contributed by atoms with E-state index in [4.69, 9.17) is 19.7 Å². The van der Waals surface area contributed by atoms with Crippen LogP contribution in [-0.2, 0) is 19.0 Å². The molecule has 2 rings (SSSR count). The first-order valence-electron chi connectivity index (χ1n) is 4.98. The molecule has 0 radical (unpaired) electrons. The Bertz CT molecular complexity index is 377. The number of ether oxygens (including phenoxy) is 3. The maximum atomic E-state index is 11.6. The molecule has 0 saturated carbocycles. The van der Waals surface area contributed by atoms with Gasteiger partial charge in [0.05, 0.1) is 0 Å². The molecule has 0 aliphatic carbocycles. The van der Waals surface area contributed by atoms with Crippen molar-refractivity contribution in [3.63, 3.8) is 0 Å². The molecule has 7 heteroatoms. The molecule has 3 atom stereocenters. The van der Waals surface area contributed by atoms with E-state index in [1.165, 1.54) is 6.92 Å². The van der Waals surface area contributed by atoms with Crippen LogP contribution in [0.4, 0.5) is 0 Å². The predicted molar refractivity (Wildman–Crippen MR) is 52.3 cm³/mol. The maximum absolute atomic E-state index is 11.6.